The van der Waals surface area contributed by atoms with Crippen molar-refractivity contribution in [1.29, 1.82) is 0 Å². The summed E-state index contributed by atoms with van der Waals surface area (Å²) >= 11 is 0. The molecule has 2 aromatic carbocycles. The van der Waals surface area contributed by atoms with Crippen molar-refractivity contribution in [2.45, 2.75) is 16.7 Å². The zero-order valence-electron chi connectivity index (χ0n) is 13.6. The van der Waals surface area contributed by atoms with Crippen molar-refractivity contribution in [1.82, 2.24) is 0 Å². The fourth-order valence-corrected chi connectivity index (χ4v) is 3.68. The molecule has 0 aromatic heterocycles. The lowest BCUT2D eigenvalue weighted by atomic mass is 10.2. The van der Waals surface area contributed by atoms with Gasteiger partial charge in [0.1, 0.15) is 0 Å². The van der Waals surface area contributed by atoms with E-state index in [9.17, 15) is 21.6 Å². The second-order valence-corrected chi connectivity index (χ2v) is 8.85. The van der Waals surface area contributed by atoms with E-state index in [0.717, 1.165) is 6.26 Å². The summed E-state index contributed by atoms with van der Waals surface area (Å²) in [7, 11) is -7.34. The fraction of sp³-hybridized carbons (Fsp3) is 0.188. The van der Waals surface area contributed by atoms with E-state index in [1.807, 2.05) is 0 Å². The van der Waals surface area contributed by atoms with Crippen LogP contribution in [0, 0.1) is 0 Å². The molecule has 0 radical (unpaired) electrons. The van der Waals surface area contributed by atoms with Gasteiger partial charge in [0.2, 0.25) is 0 Å². The number of sulfone groups is 1. The zero-order valence-corrected chi connectivity index (χ0v) is 15.2. The minimum Gasteiger partial charge on any atom is -0.462 e. The fourth-order valence-electron chi connectivity index (χ4n) is 2.00. The van der Waals surface area contributed by atoms with Crippen molar-refractivity contribution in [3.63, 3.8) is 0 Å². The van der Waals surface area contributed by atoms with Gasteiger partial charge in [-0.25, -0.2) is 21.6 Å². The maximum atomic E-state index is 12.4. The molecule has 2 aromatic rings. The monoisotopic (exact) mass is 383 g/mol. The Morgan fingerprint density at radius 2 is 1.60 bits per heavy atom. The van der Waals surface area contributed by atoms with Gasteiger partial charge in [0, 0.05) is 11.9 Å². The maximum Gasteiger partial charge on any atom is 0.338 e. The summed E-state index contributed by atoms with van der Waals surface area (Å²) in [5, 5.41) is 0. The van der Waals surface area contributed by atoms with E-state index >= 15 is 0 Å². The van der Waals surface area contributed by atoms with E-state index in [1.165, 1.54) is 48.5 Å². The second-order valence-electron chi connectivity index (χ2n) is 5.15. The average molecular weight is 383 g/mol. The van der Waals surface area contributed by atoms with Crippen molar-refractivity contribution in [2.75, 3.05) is 17.6 Å². The largest absolute Gasteiger partial charge is 0.462 e. The number of ether oxygens (including phenoxy) is 1. The highest BCUT2D eigenvalue weighted by atomic mass is 32.2. The van der Waals surface area contributed by atoms with Crippen LogP contribution in [0.5, 0.6) is 0 Å². The quantitative estimate of drug-likeness (QED) is 0.765. The lowest BCUT2D eigenvalue weighted by Gasteiger charge is -2.10. The Kier molecular flexibility index (Phi) is 5.48. The average Bonchev–Trinajstić information content (AvgIpc) is 2.54. The number of hydrogen-bond donors (Lipinski definition) is 1. The first-order chi connectivity index (χ1) is 11.6. The van der Waals surface area contributed by atoms with Crippen LogP contribution in [0.4, 0.5) is 5.69 Å². The van der Waals surface area contributed by atoms with Crippen LogP contribution in [0.1, 0.15) is 17.3 Å². The second kappa shape index (κ2) is 7.24. The third-order valence-corrected chi connectivity index (χ3v) is 5.71. The summed E-state index contributed by atoms with van der Waals surface area (Å²) in [5.74, 6) is -0.555. The standard InChI is InChI=1S/C16H17NO6S2/c1-3-23-16(18)12-5-4-6-13(11-12)17-25(21,22)15-9-7-14(8-10-15)24(2,19)20/h4-11,17H,3H2,1-2H3. The number of carbonyl (C=O) groups excluding carboxylic acids is 1. The molecule has 0 unspecified atom stereocenters. The first kappa shape index (κ1) is 18.9. The van der Waals surface area contributed by atoms with Gasteiger partial charge in [0.05, 0.1) is 22.0 Å². The predicted octanol–water partition coefficient (Wildman–Crippen LogP) is 2.07. The van der Waals surface area contributed by atoms with Gasteiger partial charge in [0.15, 0.2) is 9.84 Å². The van der Waals surface area contributed by atoms with Crippen molar-refractivity contribution in [3.05, 3.63) is 54.1 Å². The summed E-state index contributed by atoms with van der Waals surface area (Å²) < 4.78 is 54.9. The highest BCUT2D eigenvalue weighted by Crippen LogP contribution is 2.19. The van der Waals surface area contributed by atoms with Crippen molar-refractivity contribution in [2.24, 2.45) is 0 Å². The summed E-state index contributed by atoms with van der Waals surface area (Å²) in [5.41, 5.74) is 0.409. The van der Waals surface area contributed by atoms with Crippen LogP contribution >= 0.6 is 0 Å². The molecular weight excluding hydrogens is 366 g/mol. The van der Waals surface area contributed by atoms with E-state index in [4.69, 9.17) is 4.74 Å². The van der Waals surface area contributed by atoms with E-state index in [0.29, 0.717) is 0 Å². The Morgan fingerprint density at radius 3 is 2.16 bits per heavy atom. The van der Waals surface area contributed by atoms with Crippen LogP contribution in [-0.2, 0) is 24.6 Å². The Bertz CT molecular complexity index is 980. The van der Waals surface area contributed by atoms with Gasteiger partial charge < -0.3 is 4.74 Å². The molecule has 134 valence electrons. The van der Waals surface area contributed by atoms with Crippen LogP contribution in [0.2, 0.25) is 0 Å². The predicted molar refractivity (Wildman–Crippen MR) is 92.8 cm³/mol. The number of benzene rings is 2. The SMILES string of the molecule is CCOC(=O)c1cccc(NS(=O)(=O)c2ccc(S(C)(=O)=O)cc2)c1. The molecule has 9 heteroatoms. The van der Waals surface area contributed by atoms with Crippen LogP contribution in [0.3, 0.4) is 0 Å². The van der Waals surface area contributed by atoms with E-state index < -0.39 is 25.8 Å². The minimum atomic E-state index is -3.93. The normalized spacial score (nSPS) is 11.8. The lowest BCUT2D eigenvalue weighted by Crippen LogP contribution is -2.14. The van der Waals surface area contributed by atoms with Crippen LogP contribution in [0.25, 0.3) is 0 Å². The van der Waals surface area contributed by atoms with Crippen molar-refractivity contribution in [3.8, 4) is 0 Å². The first-order valence-electron chi connectivity index (χ1n) is 7.23. The maximum absolute atomic E-state index is 12.4. The van der Waals surface area contributed by atoms with Crippen molar-refractivity contribution < 1.29 is 26.4 Å². The molecule has 25 heavy (non-hydrogen) atoms. The topological polar surface area (TPSA) is 107 Å². The zero-order chi connectivity index (χ0) is 18.7. The first-order valence-corrected chi connectivity index (χ1v) is 10.6. The molecule has 0 saturated heterocycles. The third-order valence-electron chi connectivity index (χ3n) is 3.19. The van der Waals surface area contributed by atoms with Gasteiger partial charge in [-0.05, 0) is 49.4 Å². The van der Waals surface area contributed by atoms with Gasteiger partial charge >= 0.3 is 5.97 Å². The molecule has 0 fully saturated rings. The summed E-state index contributed by atoms with van der Waals surface area (Å²) in [4.78, 5) is 11.6. The van der Waals surface area contributed by atoms with Crippen LogP contribution in [-0.4, -0.2) is 35.7 Å². The van der Waals surface area contributed by atoms with Gasteiger partial charge in [-0.15, -0.1) is 0 Å². The van der Waals surface area contributed by atoms with Crippen molar-refractivity contribution >= 4 is 31.5 Å². The van der Waals surface area contributed by atoms with Crippen LogP contribution in [0.15, 0.2) is 58.3 Å². The number of esters is 1. The molecule has 2 rings (SSSR count). The summed E-state index contributed by atoms with van der Waals surface area (Å²) in [6.45, 7) is 1.88. The molecular formula is C16H17NO6S2. The molecule has 0 saturated carbocycles. The molecule has 0 atom stereocenters. The number of nitrogens with one attached hydrogen (secondary N) is 1. The Labute approximate surface area is 146 Å². The summed E-state index contributed by atoms with van der Waals surface area (Å²) in [6, 6.07) is 10.7. The molecule has 0 aliphatic rings. The number of anilines is 1. The molecule has 1 N–H and O–H groups in total. The molecule has 0 aliphatic heterocycles. The van der Waals surface area contributed by atoms with E-state index in [-0.39, 0.29) is 27.6 Å². The number of carbonyl (C=O) groups is 1. The van der Waals surface area contributed by atoms with Gasteiger partial charge in [-0.2, -0.15) is 0 Å². The Balaban J connectivity index is 2.27. The highest BCUT2D eigenvalue weighted by Gasteiger charge is 2.17. The third kappa shape index (κ3) is 4.80. The van der Waals surface area contributed by atoms with Gasteiger partial charge in [0.25, 0.3) is 10.0 Å². The smallest absolute Gasteiger partial charge is 0.338 e. The Morgan fingerprint density at radius 1 is 1.00 bits per heavy atom. The van der Waals surface area contributed by atoms with Crippen LogP contribution < -0.4 is 4.72 Å². The highest BCUT2D eigenvalue weighted by molar-refractivity contribution is 7.92. The number of rotatable bonds is 6. The number of sulfonamides is 1. The van der Waals surface area contributed by atoms with Gasteiger partial charge in [-0.1, -0.05) is 6.07 Å². The number of hydrogen-bond acceptors (Lipinski definition) is 6. The summed E-state index contributed by atoms with van der Waals surface area (Å²) in [6.07, 6.45) is 1.04. The Hall–Kier alpha value is -2.39. The lowest BCUT2D eigenvalue weighted by molar-refractivity contribution is 0.0526. The molecule has 7 nitrogen and oxygen atoms in total. The molecule has 0 aliphatic carbocycles. The van der Waals surface area contributed by atoms with E-state index in [1.54, 1.807) is 6.92 Å². The molecule has 0 amide bonds. The molecule has 0 bridgehead atoms. The molecule has 0 spiro atoms. The minimum absolute atomic E-state index is 0.0239. The van der Waals surface area contributed by atoms with Gasteiger partial charge in [-0.3, -0.25) is 4.72 Å². The molecule has 0 heterocycles. The van der Waals surface area contributed by atoms with E-state index in [2.05, 4.69) is 4.72 Å².